The van der Waals surface area contributed by atoms with Crippen LogP contribution in [-0.4, -0.2) is 9.55 Å². The number of hydrogen-bond acceptors (Lipinski definition) is 1. The molecule has 130 valence electrons. The summed E-state index contributed by atoms with van der Waals surface area (Å²) in [7, 11) is 0. The first-order valence-corrected chi connectivity index (χ1v) is 9.33. The van der Waals surface area contributed by atoms with E-state index in [0.717, 1.165) is 24.4 Å². The molecular formula is C22H25ClN2. The largest absolute Gasteiger partial charge is 0.337 e. The molecule has 0 N–H and O–H groups in total. The van der Waals surface area contributed by atoms with Gasteiger partial charge in [-0.2, -0.15) is 0 Å². The molecule has 3 rings (SSSR count). The molecule has 1 unspecified atom stereocenters. The lowest BCUT2D eigenvalue weighted by Gasteiger charge is -2.19. The van der Waals surface area contributed by atoms with E-state index >= 15 is 0 Å². The average molecular weight is 353 g/mol. The van der Waals surface area contributed by atoms with Crippen LogP contribution in [0.4, 0.5) is 0 Å². The topological polar surface area (TPSA) is 17.8 Å². The van der Waals surface area contributed by atoms with E-state index in [0.29, 0.717) is 5.92 Å². The average Bonchev–Trinajstić information content (AvgIpc) is 3.11. The Morgan fingerprint density at radius 3 is 2.60 bits per heavy atom. The van der Waals surface area contributed by atoms with Crippen LogP contribution in [0.5, 0.6) is 0 Å². The van der Waals surface area contributed by atoms with Crippen molar-refractivity contribution in [2.75, 3.05) is 0 Å². The van der Waals surface area contributed by atoms with Crippen LogP contribution in [-0.2, 0) is 19.4 Å². The van der Waals surface area contributed by atoms with Crippen molar-refractivity contribution in [1.82, 2.24) is 9.55 Å². The van der Waals surface area contributed by atoms with Gasteiger partial charge in [-0.25, -0.2) is 4.98 Å². The van der Waals surface area contributed by atoms with Crippen molar-refractivity contribution in [3.63, 3.8) is 0 Å². The Kier molecular flexibility index (Phi) is 6.30. The molecule has 1 aromatic heterocycles. The van der Waals surface area contributed by atoms with Crippen LogP contribution in [0.1, 0.15) is 29.5 Å². The summed E-state index contributed by atoms with van der Waals surface area (Å²) in [5.74, 6) is 0.614. The lowest BCUT2D eigenvalue weighted by atomic mass is 9.91. The summed E-state index contributed by atoms with van der Waals surface area (Å²) in [6.45, 7) is 3.23. The van der Waals surface area contributed by atoms with Crippen molar-refractivity contribution in [2.24, 2.45) is 5.92 Å². The molecule has 0 fully saturated rings. The van der Waals surface area contributed by atoms with Gasteiger partial charge in [0.1, 0.15) is 0 Å². The molecule has 0 bridgehead atoms. The Morgan fingerprint density at radius 1 is 1.08 bits per heavy atom. The van der Waals surface area contributed by atoms with Gasteiger partial charge in [0.25, 0.3) is 0 Å². The van der Waals surface area contributed by atoms with E-state index in [1.54, 1.807) is 0 Å². The van der Waals surface area contributed by atoms with Gasteiger partial charge in [0, 0.05) is 24.0 Å². The zero-order chi connectivity index (χ0) is 17.5. The molecule has 3 aromatic rings. The predicted molar refractivity (Wildman–Crippen MR) is 105 cm³/mol. The van der Waals surface area contributed by atoms with Crippen molar-refractivity contribution in [1.29, 1.82) is 0 Å². The molecule has 1 heterocycles. The summed E-state index contributed by atoms with van der Waals surface area (Å²) in [6.07, 6.45) is 10.4. The fourth-order valence-corrected chi connectivity index (χ4v) is 3.47. The number of hydrogen-bond donors (Lipinski definition) is 0. The second-order valence-electron chi connectivity index (χ2n) is 6.77. The van der Waals surface area contributed by atoms with E-state index in [-0.39, 0.29) is 0 Å². The summed E-state index contributed by atoms with van der Waals surface area (Å²) < 4.78 is 2.20. The second-order valence-corrected chi connectivity index (χ2v) is 7.21. The molecule has 2 aromatic carbocycles. The summed E-state index contributed by atoms with van der Waals surface area (Å²) in [4.78, 5) is 4.19. The molecule has 0 saturated heterocycles. The third kappa shape index (κ3) is 5.47. The molecule has 0 spiro atoms. The normalized spacial score (nSPS) is 12.2. The highest BCUT2D eigenvalue weighted by Crippen LogP contribution is 2.21. The van der Waals surface area contributed by atoms with Crippen LogP contribution >= 0.6 is 11.6 Å². The Balaban J connectivity index is 1.61. The van der Waals surface area contributed by atoms with Gasteiger partial charge in [0.15, 0.2) is 0 Å². The zero-order valence-corrected chi connectivity index (χ0v) is 15.5. The molecule has 3 heteroatoms. The first-order chi connectivity index (χ1) is 12.2. The highest BCUT2D eigenvalue weighted by Gasteiger charge is 2.12. The van der Waals surface area contributed by atoms with Gasteiger partial charge >= 0.3 is 0 Å². The third-order valence-electron chi connectivity index (χ3n) is 4.79. The number of aromatic nitrogens is 2. The van der Waals surface area contributed by atoms with Gasteiger partial charge < -0.3 is 4.57 Å². The Labute approximate surface area is 155 Å². The van der Waals surface area contributed by atoms with Crippen molar-refractivity contribution in [3.05, 3.63) is 89.0 Å². The second kappa shape index (κ2) is 8.87. The van der Waals surface area contributed by atoms with E-state index in [1.165, 1.54) is 29.5 Å². The highest BCUT2D eigenvalue weighted by atomic mass is 35.5. The first-order valence-electron chi connectivity index (χ1n) is 8.95. The smallest absolute Gasteiger partial charge is 0.0945 e. The molecule has 1 atom stereocenters. The lowest BCUT2D eigenvalue weighted by molar-refractivity contribution is 0.401. The molecule has 2 nitrogen and oxygen atoms in total. The van der Waals surface area contributed by atoms with Crippen LogP contribution in [0.3, 0.4) is 0 Å². The molecule has 0 saturated carbocycles. The van der Waals surface area contributed by atoms with Crippen molar-refractivity contribution in [3.8, 4) is 0 Å². The van der Waals surface area contributed by atoms with Crippen LogP contribution < -0.4 is 0 Å². The van der Waals surface area contributed by atoms with Gasteiger partial charge in [-0.05, 0) is 67.3 Å². The van der Waals surface area contributed by atoms with E-state index in [9.17, 15) is 0 Å². The lowest BCUT2D eigenvalue weighted by Crippen LogP contribution is -2.14. The minimum absolute atomic E-state index is 0.614. The molecule has 0 aliphatic heterocycles. The zero-order valence-electron chi connectivity index (χ0n) is 14.7. The highest BCUT2D eigenvalue weighted by molar-refractivity contribution is 6.30. The van der Waals surface area contributed by atoms with Crippen LogP contribution in [0.2, 0.25) is 5.02 Å². The van der Waals surface area contributed by atoms with E-state index < -0.39 is 0 Å². The number of nitrogens with zero attached hydrogens (tertiary/aromatic N) is 2. The Bertz CT molecular complexity index is 763. The molecule has 0 radical (unpaired) electrons. The summed E-state index contributed by atoms with van der Waals surface area (Å²) >= 11 is 5.97. The van der Waals surface area contributed by atoms with Gasteiger partial charge in [-0.1, -0.05) is 48.0 Å². The fraction of sp³-hybridized carbons (Fsp3) is 0.318. The molecule has 0 aliphatic carbocycles. The molecular weight excluding hydrogens is 328 g/mol. The van der Waals surface area contributed by atoms with Crippen molar-refractivity contribution < 1.29 is 0 Å². The van der Waals surface area contributed by atoms with Crippen LogP contribution in [0, 0.1) is 12.8 Å². The number of rotatable bonds is 8. The maximum atomic E-state index is 5.97. The number of aryl methyl sites for hydroxylation is 2. The molecule has 0 aliphatic rings. The van der Waals surface area contributed by atoms with E-state index in [2.05, 4.69) is 59.1 Å². The van der Waals surface area contributed by atoms with Gasteiger partial charge in [-0.3, -0.25) is 0 Å². The Morgan fingerprint density at radius 2 is 1.88 bits per heavy atom. The standard InChI is InChI=1S/C22H25ClN2/c1-18-5-2-3-8-21(18)15-20(16-25-14-13-24-17-25)7-4-6-19-9-11-22(23)12-10-19/h2-3,5,8-14,17,20H,4,6-7,15-16H2,1H3. The number of halogens is 1. The quantitative estimate of drug-likeness (QED) is 0.506. The van der Waals surface area contributed by atoms with Gasteiger partial charge in [-0.15, -0.1) is 0 Å². The molecule has 25 heavy (non-hydrogen) atoms. The SMILES string of the molecule is Cc1ccccc1CC(CCCc1ccc(Cl)cc1)Cn1ccnc1. The summed E-state index contributed by atoms with van der Waals surface area (Å²) in [5, 5.41) is 0.807. The maximum absolute atomic E-state index is 5.97. The minimum Gasteiger partial charge on any atom is -0.337 e. The monoisotopic (exact) mass is 352 g/mol. The Hall–Kier alpha value is -2.06. The van der Waals surface area contributed by atoms with Crippen molar-refractivity contribution >= 4 is 11.6 Å². The molecule has 0 amide bonds. The minimum atomic E-state index is 0.614. The maximum Gasteiger partial charge on any atom is 0.0945 e. The van der Waals surface area contributed by atoms with Gasteiger partial charge in [0.05, 0.1) is 6.33 Å². The predicted octanol–water partition coefficient (Wildman–Crippen LogP) is 5.73. The van der Waals surface area contributed by atoms with Crippen molar-refractivity contribution in [2.45, 2.75) is 39.2 Å². The summed E-state index contributed by atoms with van der Waals surface area (Å²) in [6, 6.07) is 16.9. The number of imidazole rings is 1. The van der Waals surface area contributed by atoms with E-state index in [4.69, 9.17) is 11.6 Å². The summed E-state index contributed by atoms with van der Waals surface area (Å²) in [5.41, 5.74) is 4.21. The van der Waals surface area contributed by atoms with Crippen LogP contribution in [0.15, 0.2) is 67.3 Å². The van der Waals surface area contributed by atoms with Crippen LogP contribution in [0.25, 0.3) is 0 Å². The number of benzene rings is 2. The third-order valence-corrected chi connectivity index (χ3v) is 5.04. The van der Waals surface area contributed by atoms with E-state index in [1.807, 2.05) is 24.7 Å². The first kappa shape index (κ1) is 17.8. The fourth-order valence-electron chi connectivity index (χ4n) is 3.35. The van der Waals surface area contributed by atoms with Gasteiger partial charge in [0.2, 0.25) is 0 Å².